The Labute approximate surface area is 182 Å². The Hall–Kier alpha value is -1.94. The summed E-state index contributed by atoms with van der Waals surface area (Å²) >= 11 is 1.46. The number of Topliss-reactive ketones (excluding diaryl/α,β-unsaturated/α-hetero) is 1. The zero-order chi connectivity index (χ0) is 22.7. The van der Waals surface area contributed by atoms with Crippen molar-refractivity contribution >= 4 is 41.2 Å². The van der Waals surface area contributed by atoms with Crippen LogP contribution in [0.1, 0.15) is 45.4 Å². The predicted molar refractivity (Wildman–Crippen MR) is 116 cm³/mol. The molecule has 9 nitrogen and oxygen atoms in total. The number of thioether (sulfide) groups is 1. The van der Waals surface area contributed by atoms with Gasteiger partial charge in [-0.1, -0.05) is 6.42 Å². The molecule has 1 aliphatic heterocycles. The van der Waals surface area contributed by atoms with Crippen molar-refractivity contribution in [3.63, 3.8) is 0 Å². The molecule has 2 N–H and O–H groups in total. The van der Waals surface area contributed by atoms with Gasteiger partial charge in [-0.25, -0.2) is 0 Å². The lowest BCUT2D eigenvalue weighted by Gasteiger charge is -2.27. The van der Waals surface area contributed by atoms with Crippen LogP contribution in [0.5, 0.6) is 0 Å². The maximum Gasteiger partial charge on any atom is 0.243 e. The molecule has 4 amide bonds. The number of nitrogens with one attached hydrogen (secondary N) is 2. The number of rotatable bonds is 14. The number of amides is 4. The summed E-state index contributed by atoms with van der Waals surface area (Å²) in [4.78, 5) is 62.5. The van der Waals surface area contributed by atoms with Crippen molar-refractivity contribution in [2.75, 3.05) is 40.0 Å². The fourth-order valence-corrected chi connectivity index (χ4v) is 4.13. The number of imide groups is 1. The highest BCUT2D eigenvalue weighted by molar-refractivity contribution is 8.00. The van der Waals surface area contributed by atoms with Crippen LogP contribution in [0.3, 0.4) is 0 Å². The van der Waals surface area contributed by atoms with Crippen LogP contribution in [0, 0.1) is 0 Å². The SMILES string of the molecule is CC(=O)C[C@@H](C(=O)NCCN(C)C)N(C)C(=O)CCCCCSC1CC(=O)NC1=O. The predicted octanol–water partition coefficient (Wildman–Crippen LogP) is 0.179. The fourth-order valence-electron chi connectivity index (χ4n) is 2.99. The van der Waals surface area contributed by atoms with Gasteiger partial charge in [-0.15, -0.1) is 11.8 Å². The molecule has 1 saturated heterocycles. The van der Waals surface area contributed by atoms with Crippen molar-refractivity contribution in [1.82, 2.24) is 20.4 Å². The molecule has 0 saturated carbocycles. The van der Waals surface area contributed by atoms with Crippen molar-refractivity contribution in [3.05, 3.63) is 0 Å². The summed E-state index contributed by atoms with van der Waals surface area (Å²) in [7, 11) is 5.36. The van der Waals surface area contributed by atoms with E-state index in [2.05, 4.69) is 10.6 Å². The summed E-state index contributed by atoms with van der Waals surface area (Å²) in [6.07, 6.45) is 2.83. The first-order valence-corrected chi connectivity index (χ1v) is 11.3. The van der Waals surface area contributed by atoms with Crippen LogP contribution in [-0.2, 0) is 24.0 Å². The molecule has 1 fully saturated rings. The molecule has 0 aromatic carbocycles. The fraction of sp³-hybridized carbons (Fsp3) is 0.750. The molecule has 0 radical (unpaired) electrons. The van der Waals surface area contributed by atoms with E-state index in [0.29, 0.717) is 25.9 Å². The van der Waals surface area contributed by atoms with Crippen LogP contribution in [0.25, 0.3) is 0 Å². The highest BCUT2D eigenvalue weighted by Crippen LogP contribution is 2.21. The van der Waals surface area contributed by atoms with E-state index >= 15 is 0 Å². The standard InChI is InChI=1S/C20H34N4O5S/c1-14(25)12-15(19(28)21-9-10-23(2)3)24(4)18(27)8-6-5-7-11-30-16-13-17(26)22-20(16)29/h15-16H,5-13H2,1-4H3,(H,21,28)(H,22,26,29)/t15-,16?/m0/s1. The van der Waals surface area contributed by atoms with E-state index < -0.39 is 6.04 Å². The number of nitrogens with zero attached hydrogens (tertiary/aromatic N) is 2. The Kier molecular flexibility index (Phi) is 11.6. The average Bonchev–Trinajstić information content (AvgIpc) is 2.98. The van der Waals surface area contributed by atoms with E-state index in [4.69, 9.17) is 0 Å². The van der Waals surface area contributed by atoms with Gasteiger partial charge in [0.15, 0.2) is 0 Å². The molecule has 1 rings (SSSR count). The van der Waals surface area contributed by atoms with Gasteiger partial charge in [0.1, 0.15) is 11.8 Å². The van der Waals surface area contributed by atoms with Crippen molar-refractivity contribution in [2.45, 2.75) is 56.7 Å². The lowest BCUT2D eigenvalue weighted by molar-refractivity contribution is -0.140. The van der Waals surface area contributed by atoms with E-state index in [1.807, 2.05) is 19.0 Å². The van der Waals surface area contributed by atoms with Crippen LogP contribution in [0.2, 0.25) is 0 Å². The molecule has 0 aromatic rings. The molecule has 0 bridgehead atoms. The maximum absolute atomic E-state index is 12.5. The first kappa shape index (κ1) is 26.1. The van der Waals surface area contributed by atoms with E-state index in [1.165, 1.54) is 23.6 Å². The van der Waals surface area contributed by atoms with Gasteiger partial charge in [0.25, 0.3) is 0 Å². The van der Waals surface area contributed by atoms with Gasteiger partial charge in [0.2, 0.25) is 23.6 Å². The van der Waals surface area contributed by atoms with Crippen molar-refractivity contribution in [3.8, 4) is 0 Å². The third-order valence-electron chi connectivity index (χ3n) is 4.78. The van der Waals surface area contributed by atoms with Gasteiger partial charge >= 0.3 is 0 Å². The molecule has 0 aromatic heterocycles. The first-order valence-electron chi connectivity index (χ1n) is 10.2. The van der Waals surface area contributed by atoms with Crippen LogP contribution in [0.4, 0.5) is 0 Å². The van der Waals surface area contributed by atoms with Crippen molar-refractivity contribution < 1.29 is 24.0 Å². The minimum Gasteiger partial charge on any atom is -0.353 e. The highest BCUT2D eigenvalue weighted by atomic mass is 32.2. The quantitative estimate of drug-likeness (QED) is 0.291. The van der Waals surface area contributed by atoms with Gasteiger partial charge in [-0.05, 0) is 39.6 Å². The number of ketones is 1. The molecule has 0 aliphatic carbocycles. The van der Waals surface area contributed by atoms with Crippen LogP contribution >= 0.6 is 11.8 Å². The van der Waals surface area contributed by atoms with Crippen LogP contribution < -0.4 is 10.6 Å². The minimum absolute atomic E-state index is 0.00511. The second-order valence-electron chi connectivity index (χ2n) is 7.81. The second-order valence-corrected chi connectivity index (χ2v) is 9.12. The van der Waals surface area contributed by atoms with E-state index in [0.717, 1.165) is 18.6 Å². The number of carbonyl (C=O) groups excluding carboxylic acids is 5. The number of likely N-dealkylation sites (N-methyl/N-ethyl adjacent to an activating group) is 2. The molecule has 1 unspecified atom stereocenters. The molecular weight excluding hydrogens is 408 g/mol. The van der Waals surface area contributed by atoms with Crippen molar-refractivity contribution in [2.24, 2.45) is 0 Å². The number of hydrogen-bond donors (Lipinski definition) is 2. The summed E-state index contributed by atoms with van der Waals surface area (Å²) in [6.45, 7) is 2.53. The highest BCUT2D eigenvalue weighted by Gasteiger charge is 2.30. The Morgan fingerprint density at radius 2 is 1.87 bits per heavy atom. The Morgan fingerprint density at radius 3 is 2.43 bits per heavy atom. The minimum atomic E-state index is -0.800. The van der Waals surface area contributed by atoms with Gasteiger partial charge in [-0.3, -0.25) is 29.3 Å². The molecule has 2 atom stereocenters. The summed E-state index contributed by atoms with van der Waals surface area (Å²) in [5.41, 5.74) is 0. The second kappa shape index (κ2) is 13.4. The lowest BCUT2D eigenvalue weighted by atomic mass is 10.1. The van der Waals surface area contributed by atoms with Crippen LogP contribution in [0.15, 0.2) is 0 Å². The van der Waals surface area contributed by atoms with Gasteiger partial charge in [0.05, 0.1) is 5.25 Å². The van der Waals surface area contributed by atoms with Gasteiger partial charge in [0, 0.05) is 39.4 Å². The van der Waals surface area contributed by atoms with E-state index in [-0.39, 0.29) is 47.5 Å². The summed E-state index contributed by atoms with van der Waals surface area (Å²) in [5, 5.41) is 4.77. The third-order valence-corrected chi connectivity index (χ3v) is 6.09. The third kappa shape index (κ3) is 9.71. The molecule has 170 valence electrons. The van der Waals surface area contributed by atoms with Gasteiger partial charge in [-0.2, -0.15) is 0 Å². The smallest absolute Gasteiger partial charge is 0.243 e. The average molecular weight is 443 g/mol. The Morgan fingerprint density at radius 1 is 1.17 bits per heavy atom. The molecule has 1 aliphatic rings. The summed E-state index contributed by atoms with van der Waals surface area (Å²) < 4.78 is 0. The summed E-state index contributed by atoms with van der Waals surface area (Å²) in [5.74, 6) is -0.328. The normalized spacial score (nSPS) is 17.0. The zero-order valence-electron chi connectivity index (χ0n) is 18.4. The van der Waals surface area contributed by atoms with E-state index in [1.54, 1.807) is 7.05 Å². The first-order chi connectivity index (χ1) is 14.1. The summed E-state index contributed by atoms with van der Waals surface area (Å²) in [6, 6.07) is -0.800. The van der Waals surface area contributed by atoms with Crippen LogP contribution in [-0.4, -0.2) is 90.5 Å². The monoisotopic (exact) mass is 442 g/mol. The van der Waals surface area contributed by atoms with Gasteiger partial charge < -0.3 is 15.1 Å². The largest absolute Gasteiger partial charge is 0.353 e. The number of unbranched alkanes of at least 4 members (excludes halogenated alkanes) is 2. The molecule has 0 spiro atoms. The maximum atomic E-state index is 12.5. The number of carbonyl (C=O) groups is 5. The van der Waals surface area contributed by atoms with Crippen molar-refractivity contribution in [1.29, 1.82) is 0 Å². The zero-order valence-corrected chi connectivity index (χ0v) is 19.2. The Balaban J connectivity index is 2.35. The molecule has 1 heterocycles. The molecule has 30 heavy (non-hydrogen) atoms. The molecular formula is C20H34N4O5S. The number of hydrogen-bond acceptors (Lipinski definition) is 7. The van der Waals surface area contributed by atoms with E-state index in [9.17, 15) is 24.0 Å². The lowest BCUT2D eigenvalue weighted by Crippen LogP contribution is -2.49. The Bertz CT molecular complexity index is 641. The molecule has 10 heteroatoms. The topological polar surface area (TPSA) is 116 Å².